The first kappa shape index (κ1) is 15.2. The predicted molar refractivity (Wildman–Crippen MR) is 99.9 cm³/mol. The number of nitrogens with zero attached hydrogens (tertiary/aromatic N) is 3. The fourth-order valence-corrected chi connectivity index (χ4v) is 3.96. The van der Waals surface area contributed by atoms with Crippen LogP contribution in [0.1, 0.15) is 16.1 Å². The number of hydrogen-bond acceptors (Lipinski definition) is 6. The third-order valence-corrected chi connectivity index (χ3v) is 5.30. The van der Waals surface area contributed by atoms with E-state index in [0.29, 0.717) is 11.1 Å². The molecule has 1 aromatic carbocycles. The van der Waals surface area contributed by atoms with Crippen LogP contribution >= 0.6 is 11.3 Å². The molecule has 0 atom stereocenters. The van der Waals surface area contributed by atoms with Gasteiger partial charge in [-0.25, -0.2) is 9.97 Å². The fraction of sp³-hybridized carbons (Fsp3) is 0.294. The average molecular weight is 340 g/mol. The molecule has 7 heteroatoms. The molecule has 0 saturated carbocycles. The Morgan fingerprint density at radius 3 is 3.00 bits per heavy atom. The second kappa shape index (κ2) is 6.26. The van der Waals surface area contributed by atoms with Gasteiger partial charge in [0, 0.05) is 30.9 Å². The van der Waals surface area contributed by atoms with Crippen molar-refractivity contribution in [1.29, 1.82) is 0 Å². The monoisotopic (exact) mass is 340 g/mol. The molecule has 0 bridgehead atoms. The Morgan fingerprint density at radius 2 is 2.08 bits per heavy atom. The van der Waals surface area contributed by atoms with Gasteiger partial charge in [-0.2, -0.15) is 0 Å². The Morgan fingerprint density at radius 1 is 1.21 bits per heavy atom. The number of imidazole rings is 1. The molecule has 1 aliphatic rings. The summed E-state index contributed by atoms with van der Waals surface area (Å²) < 4.78 is 0. The second-order valence-electron chi connectivity index (χ2n) is 6.02. The van der Waals surface area contributed by atoms with Crippen LogP contribution in [0.3, 0.4) is 0 Å². The van der Waals surface area contributed by atoms with Gasteiger partial charge in [0.05, 0.1) is 16.7 Å². The van der Waals surface area contributed by atoms with Crippen molar-refractivity contribution in [3.63, 3.8) is 0 Å². The number of aromatic nitrogens is 3. The Kier molecular flexibility index (Phi) is 3.95. The van der Waals surface area contributed by atoms with Crippen molar-refractivity contribution in [1.82, 2.24) is 19.9 Å². The van der Waals surface area contributed by atoms with Crippen molar-refractivity contribution in [2.45, 2.75) is 12.8 Å². The van der Waals surface area contributed by atoms with E-state index in [1.165, 1.54) is 10.6 Å². The van der Waals surface area contributed by atoms with Crippen LogP contribution in [0.2, 0.25) is 0 Å². The highest BCUT2D eigenvalue weighted by Crippen LogP contribution is 2.24. The molecule has 124 valence electrons. The van der Waals surface area contributed by atoms with E-state index in [1.54, 1.807) is 11.3 Å². The molecule has 3 heterocycles. The Labute approximate surface area is 144 Å². The molecule has 0 spiro atoms. The molecule has 5 N–H and O–H groups in total. The van der Waals surface area contributed by atoms with Gasteiger partial charge >= 0.3 is 0 Å². The molecule has 24 heavy (non-hydrogen) atoms. The SMILES string of the molecule is Nc1nc2cc(/C=C/CN3CCc4nc(N)sc4CC3)ccc2[nH]1. The van der Waals surface area contributed by atoms with Crippen molar-refractivity contribution >= 4 is 39.5 Å². The van der Waals surface area contributed by atoms with E-state index in [4.69, 9.17) is 11.5 Å². The minimum absolute atomic E-state index is 0.456. The molecule has 4 rings (SSSR count). The van der Waals surface area contributed by atoms with Gasteiger partial charge in [-0.1, -0.05) is 18.2 Å². The largest absolute Gasteiger partial charge is 0.375 e. The summed E-state index contributed by atoms with van der Waals surface area (Å²) in [5.41, 5.74) is 15.7. The van der Waals surface area contributed by atoms with Crippen LogP contribution in [-0.4, -0.2) is 39.5 Å². The summed E-state index contributed by atoms with van der Waals surface area (Å²) in [6, 6.07) is 6.13. The van der Waals surface area contributed by atoms with Crippen LogP contribution in [0.15, 0.2) is 24.3 Å². The van der Waals surface area contributed by atoms with Gasteiger partial charge in [-0.3, -0.25) is 4.90 Å². The minimum Gasteiger partial charge on any atom is -0.375 e. The standard InChI is InChI=1S/C17H20N6S/c18-16-20-12-4-3-11(10-14(12)21-16)2-1-7-23-8-5-13-15(6-9-23)24-17(19)22-13/h1-4,10H,5-9H2,(H2,19,22)(H3,18,20,21)/b2-1+. The lowest BCUT2D eigenvalue weighted by molar-refractivity contribution is 0.318. The van der Waals surface area contributed by atoms with Gasteiger partial charge in [0.2, 0.25) is 0 Å². The molecular weight excluding hydrogens is 320 g/mol. The maximum atomic E-state index is 5.80. The number of fused-ring (bicyclic) bond motifs is 2. The van der Waals surface area contributed by atoms with E-state index in [2.05, 4.69) is 38.1 Å². The third kappa shape index (κ3) is 3.13. The maximum Gasteiger partial charge on any atom is 0.198 e. The van der Waals surface area contributed by atoms with Gasteiger partial charge in [-0.05, 0) is 24.1 Å². The average Bonchev–Trinajstić information content (AvgIpc) is 3.04. The summed E-state index contributed by atoms with van der Waals surface area (Å²) in [6.45, 7) is 3.01. The van der Waals surface area contributed by atoms with Crippen LogP contribution in [0, 0.1) is 0 Å². The van der Waals surface area contributed by atoms with Crippen molar-refractivity contribution in [2.24, 2.45) is 0 Å². The zero-order valence-corrected chi connectivity index (χ0v) is 14.1. The number of rotatable bonds is 3. The van der Waals surface area contributed by atoms with Crippen molar-refractivity contribution in [3.8, 4) is 0 Å². The summed E-state index contributed by atoms with van der Waals surface area (Å²) >= 11 is 1.63. The highest BCUT2D eigenvalue weighted by atomic mass is 32.1. The van der Waals surface area contributed by atoms with Gasteiger partial charge in [0.1, 0.15) is 0 Å². The van der Waals surface area contributed by atoms with E-state index in [-0.39, 0.29) is 0 Å². The lowest BCUT2D eigenvalue weighted by Gasteiger charge is -2.17. The van der Waals surface area contributed by atoms with E-state index in [0.717, 1.165) is 49.1 Å². The maximum absolute atomic E-state index is 5.80. The smallest absolute Gasteiger partial charge is 0.198 e. The Hall–Kier alpha value is -2.38. The summed E-state index contributed by atoms with van der Waals surface area (Å²) in [5.74, 6) is 0.456. The normalized spacial score (nSPS) is 15.8. The number of H-pyrrole nitrogens is 1. The van der Waals surface area contributed by atoms with Crippen molar-refractivity contribution < 1.29 is 0 Å². The van der Waals surface area contributed by atoms with Crippen molar-refractivity contribution in [3.05, 3.63) is 40.4 Å². The van der Waals surface area contributed by atoms with Gasteiger partial charge in [0.25, 0.3) is 0 Å². The molecule has 1 aliphatic heterocycles. The van der Waals surface area contributed by atoms with Crippen LogP contribution in [0.25, 0.3) is 17.1 Å². The van der Waals surface area contributed by atoms with E-state index in [9.17, 15) is 0 Å². The minimum atomic E-state index is 0.456. The molecule has 2 aromatic heterocycles. The molecule has 0 fully saturated rings. The topological polar surface area (TPSA) is 96.8 Å². The second-order valence-corrected chi connectivity index (χ2v) is 7.14. The number of nitrogens with two attached hydrogens (primary N) is 2. The van der Waals surface area contributed by atoms with Gasteiger partial charge in [-0.15, -0.1) is 11.3 Å². The number of aromatic amines is 1. The number of thiazole rings is 1. The van der Waals surface area contributed by atoms with Crippen LogP contribution in [0.4, 0.5) is 11.1 Å². The van der Waals surface area contributed by atoms with E-state index < -0.39 is 0 Å². The molecular formula is C17H20N6S. The van der Waals surface area contributed by atoms with Crippen molar-refractivity contribution in [2.75, 3.05) is 31.1 Å². The number of anilines is 2. The lowest BCUT2D eigenvalue weighted by Crippen LogP contribution is -2.26. The molecule has 0 amide bonds. The van der Waals surface area contributed by atoms with Gasteiger partial charge < -0.3 is 16.5 Å². The van der Waals surface area contributed by atoms with Gasteiger partial charge in [0.15, 0.2) is 11.1 Å². The Bertz CT molecular complexity index is 868. The third-order valence-electron chi connectivity index (χ3n) is 4.31. The molecule has 3 aromatic rings. The quantitative estimate of drug-likeness (QED) is 0.680. The summed E-state index contributed by atoms with van der Waals surface area (Å²) in [7, 11) is 0. The van der Waals surface area contributed by atoms with Crippen LogP contribution in [0.5, 0.6) is 0 Å². The molecule has 6 nitrogen and oxygen atoms in total. The molecule has 0 aliphatic carbocycles. The molecule has 0 saturated heterocycles. The number of nitrogens with one attached hydrogen (secondary N) is 1. The summed E-state index contributed by atoms with van der Waals surface area (Å²) in [5, 5.41) is 0.697. The zero-order chi connectivity index (χ0) is 16.5. The predicted octanol–water partition coefficient (Wildman–Crippen LogP) is 2.30. The first-order chi connectivity index (χ1) is 11.7. The molecule has 0 radical (unpaired) electrons. The highest BCUT2D eigenvalue weighted by molar-refractivity contribution is 7.15. The number of hydrogen-bond donors (Lipinski definition) is 3. The first-order valence-electron chi connectivity index (χ1n) is 8.05. The highest BCUT2D eigenvalue weighted by Gasteiger charge is 2.16. The van der Waals surface area contributed by atoms with E-state index >= 15 is 0 Å². The van der Waals surface area contributed by atoms with Crippen LogP contribution in [-0.2, 0) is 12.8 Å². The summed E-state index contributed by atoms with van der Waals surface area (Å²) in [6.07, 6.45) is 6.37. The van der Waals surface area contributed by atoms with Crippen LogP contribution < -0.4 is 11.5 Å². The first-order valence-corrected chi connectivity index (χ1v) is 8.87. The zero-order valence-electron chi connectivity index (χ0n) is 13.3. The number of nitrogen functional groups attached to an aromatic ring is 2. The Balaban J connectivity index is 1.39. The lowest BCUT2D eigenvalue weighted by atomic mass is 10.2. The molecule has 0 unspecified atom stereocenters. The van der Waals surface area contributed by atoms with E-state index in [1.807, 2.05) is 12.1 Å². The number of benzene rings is 1. The summed E-state index contributed by atoms with van der Waals surface area (Å²) in [4.78, 5) is 15.5. The fourth-order valence-electron chi connectivity index (χ4n) is 3.10.